The molecule has 0 radical (unpaired) electrons. The number of hydrogen-bond donors (Lipinski definition) is 3. The smallest absolute Gasteiger partial charge is 0.394 e. The van der Waals surface area contributed by atoms with E-state index in [1.165, 1.54) is 0 Å². The van der Waals surface area contributed by atoms with Gasteiger partial charge in [0, 0.05) is 5.54 Å². The second kappa shape index (κ2) is 6.49. The maximum atomic E-state index is 14.5. The Labute approximate surface area is 156 Å². The van der Waals surface area contributed by atoms with Crippen LogP contribution in [0.3, 0.4) is 0 Å². The second-order valence-electron chi connectivity index (χ2n) is 7.44. The van der Waals surface area contributed by atoms with Crippen LogP contribution in [0.15, 0.2) is 6.33 Å². The summed E-state index contributed by atoms with van der Waals surface area (Å²) in [5.41, 5.74) is -0.636. The van der Waals surface area contributed by atoms with Gasteiger partial charge in [0.15, 0.2) is 29.4 Å². The fraction of sp³-hybridized carbons (Fsp3) is 0.688. The normalized spacial score (nSPS) is 29.8. The number of halogens is 4. The number of aromatic nitrogens is 4. The van der Waals surface area contributed by atoms with Gasteiger partial charge < -0.3 is 20.3 Å². The lowest BCUT2D eigenvalue weighted by Crippen LogP contribution is -2.42. The third kappa shape index (κ3) is 3.08. The summed E-state index contributed by atoms with van der Waals surface area (Å²) >= 11 is 0. The Kier molecular flexibility index (Phi) is 4.47. The molecule has 154 valence electrons. The number of aliphatic hydroxyl groups is 2. The minimum atomic E-state index is -4.82. The van der Waals surface area contributed by atoms with Gasteiger partial charge >= 0.3 is 6.18 Å². The number of fused-ring (bicyclic) bond motifs is 1. The molecule has 1 aliphatic heterocycles. The van der Waals surface area contributed by atoms with Crippen molar-refractivity contribution in [3.8, 4) is 0 Å². The van der Waals surface area contributed by atoms with E-state index in [2.05, 4.69) is 20.3 Å². The molecule has 3 N–H and O–H groups in total. The highest BCUT2D eigenvalue weighted by Crippen LogP contribution is 2.39. The summed E-state index contributed by atoms with van der Waals surface area (Å²) < 4.78 is 60.7. The Morgan fingerprint density at radius 1 is 1.36 bits per heavy atom. The van der Waals surface area contributed by atoms with Crippen molar-refractivity contribution in [3.63, 3.8) is 0 Å². The number of aliphatic hydroxyl groups excluding tert-OH is 2. The monoisotopic (exact) mass is 405 g/mol. The first-order valence-corrected chi connectivity index (χ1v) is 8.81. The molecule has 1 unspecified atom stereocenters. The van der Waals surface area contributed by atoms with Crippen LogP contribution in [0.25, 0.3) is 11.2 Å². The van der Waals surface area contributed by atoms with Crippen LogP contribution in [-0.2, 0) is 10.9 Å². The van der Waals surface area contributed by atoms with Crippen LogP contribution in [0.2, 0.25) is 0 Å². The molecule has 0 spiro atoms. The van der Waals surface area contributed by atoms with Gasteiger partial charge in [0.1, 0.15) is 12.2 Å². The minimum Gasteiger partial charge on any atom is -0.394 e. The Balaban J connectivity index is 1.81. The summed E-state index contributed by atoms with van der Waals surface area (Å²) in [6, 6.07) is 0. The average molecular weight is 405 g/mol. The molecule has 8 nitrogen and oxygen atoms in total. The van der Waals surface area contributed by atoms with Crippen molar-refractivity contribution in [2.24, 2.45) is 0 Å². The number of nitrogens with zero attached hydrogens (tertiary/aromatic N) is 4. The number of alkyl halides is 4. The van der Waals surface area contributed by atoms with E-state index in [1.54, 1.807) is 0 Å². The second-order valence-corrected chi connectivity index (χ2v) is 7.44. The van der Waals surface area contributed by atoms with Gasteiger partial charge in [-0.2, -0.15) is 13.2 Å². The van der Waals surface area contributed by atoms with Crippen LogP contribution in [-0.4, -0.2) is 60.3 Å². The van der Waals surface area contributed by atoms with Gasteiger partial charge in [-0.3, -0.25) is 4.57 Å². The zero-order valence-corrected chi connectivity index (χ0v) is 14.8. The molecule has 0 amide bonds. The molecule has 4 rings (SSSR count). The van der Waals surface area contributed by atoms with Crippen molar-refractivity contribution < 1.29 is 32.5 Å². The first-order valence-electron chi connectivity index (χ1n) is 8.81. The molecular weight excluding hydrogens is 386 g/mol. The topological polar surface area (TPSA) is 105 Å². The molecule has 1 saturated heterocycles. The van der Waals surface area contributed by atoms with Crippen LogP contribution in [0.1, 0.15) is 38.2 Å². The van der Waals surface area contributed by atoms with Crippen LogP contribution in [0, 0.1) is 0 Å². The fourth-order valence-electron chi connectivity index (χ4n) is 3.51. The van der Waals surface area contributed by atoms with Gasteiger partial charge in [-0.15, -0.1) is 0 Å². The first-order chi connectivity index (χ1) is 13.1. The Morgan fingerprint density at radius 2 is 2.07 bits per heavy atom. The summed E-state index contributed by atoms with van der Waals surface area (Å²) in [4.78, 5) is 11.2. The highest BCUT2D eigenvalue weighted by atomic mass is 19.4. The maximum Gasteiger partial charge on any atom is 0.451 e. The Bertz CT molecular complexity index is 885. The highest BCUT2D eigenvalue weighted by molar-refractivity contribution is 5.83. The van der Waals surface area contributed by atoms with E-state index in [-0.39, 0.29) is 17.0 Å². The van der Waals surface area contributed by atoms with Gasteiger partial charge in [-0.25, -0.2) is 19.3 Å². The van der Waals surface area contributed by atoms with Crippen LogP contribution < -0.4 is 5.32 Å². The summed E-state index contributed by atoms with van der Waals surface area (Å²) in [7, 11) is 0. The van der Waals surface area contributed by atoms with Crippen molar-refractivity contribution in [2.45, 2.75) is 62.5 Å². The molecule has 4 atom stereocenters. The molecular formula is C16H19F4N5O3. The number of anilines is 1. The Hall–Kier alpha value is -2.05. The average Bonchev–Trinajstić information content (AvgIpc) is 3.15. The SMILES string of the molecule is CC1(Nc2nc(C(F)(F)F)nc3c2ncn3[C@@H]2O[C@H](CO)C(O)[C@H]2F)CCC1. The van der Waals surface area contributed by atoms with Gasteiger partial charge in [0.2, 0.25) is 5.82 Å². The maximum absolute atomic E-state index is 14.5. The summed E-state index contributed by atoms with van der Waals surface area (Å²) in [5, 5.41) is 22.0. The highest BCUT2D eigenvalue weighted by Gasteiger charge is 2.46. The van der Waals surface area contributed by atoms with E-state index in [4.69, 9.17) is 4.74 Å². The largest absolute Gasteiger partial charge is 0.451 e. The molecule has 2 aromatic heterocycles. The number of ether oxygens (including phenoxy) is 1. The zero-order chi connectivity index (χ0) is 20.3. The van der Waals surface area contributed by atoms with Crippen LogP contribution >= 0.6 is 0 Å². The predicted octanol–water partition coefficient (Wildman–Crippen LogP) is 1.79. The molecule has 0 aromatic carbocycles. The van der Waals surface area contributed by atoms with Gasteiger partial charge in [-0.05, 0) is 26.2 Å². The van der Waals surface area contributed by atoms with E-state index < -0.39 is 48.8 Å². The standard InChI is InChI=1S/C16H19F4N5O3/c1-15(3-2-4-15)24-11-9-12(23-14(22-11)16(18,19)20)25(6-21-9)13-8(17)10(27)7(5-26)28-13/h6-8,10,13,26-27H,2-5H2,1H3,(H,22,23,24)/t7-,8-,10?,13-/m1/s1. The molecule has 1 aliphatic carbocycles. The van der Waals surface area contributed by atoms with Gasteiger partial charge in [-0.1, -0.05) is 0 Å². The van der Waals surface area contributed by atoms with E-state index in [1.807, 2.05) is 6.92 Å². The van der Waals surface area contributed by atoms with Crippen molar-refractivity contribution >= 4 is 17.0 Å². The van der Waals surface area contributed by atoms with E-state index >= 15 is 0 Å². The summed E-state index contributed by atoms with van der Waals surface area (Å²) in [6.45, 7) is 1.23. The summed E-state index contributed by atoms with van der Waals surface area (Å²) in [6.07, 6.45) is -7.52. The van der Waals surface area contributed by atoms with Crippen molar-refractivity contribution in [3.05, 3.63) is 12.2 Å². The first kappa shape index (κ1) is 19.3. The molecule has 28 heavy (non-hydrogen) atoms. The number of nitrogens with one attached hydrogen (secondary N) is 1. The minimum absolute atomic E-state index is 0.0406. The van der Waals surface area contributed by atoms with E-state index in [9.17, 15) is 27.8 Å². The molecule has 2 aliphatic rings. The lowest BCUT2D eigenvalue weighted by molar-refractivity contribution is -0.144. The third-order valence-electron chi connectivity index (χ3n) is 5.30. The zero-order valence-electron chi connectivity index (χ0n) is 14.8. The lowest BCUT2D eigenvalue weighted by Gasteiger charge is -2.39. The molecule has 12 heteroatoms. The van der Waals surface area contributed by atoms with E-state index in [0.29, 0.717) is 0 Å². The quantitative estimate of drug-likeness (QED) is 0.666. The molecule has 2 aromatic rings. The fourth-order valence-corrected chi connectivity index (χ4v) is 3.51. The third-order valence-corrected chi connectivity index (χ3v) is 5.30. The summed E-state index contributed by atoms with van der Waals surface area (Å²) in [5.74, 6) is -1.48. The molecule has 1 saturated carbocycles. The van der Waals surface area contributed by atoms with Crippen molar-refractivity contribution in [1.82, 2.24) is 19.5 Å². The Morgan fingerprint density at radius 3 is 2.61 bits per heavy atom. The van der Waals surface area contributed by atoms with Gasteiger partial charge in [0.25, 0.3) is 0 Å². The predicted molar refractivity (Wildman–Crippen MR) is 88.1 cm³/mol. The van der Waals surface area contributed by atoms with Crippen molar-refractivity contribution in [2.75, 3.05) is 11.9 Å². The van der Waals surface area contributed by atoms with Crippen LogP contribution in [0.4, 0.5) is 23.4 Å². The van der Waals surface area contributed by atoms with Gasteiger partial charge in [0.05, 0.1) is 12.9 Å². The lowest BCUT2D eigenvalue weighted by atomic mass is 9.78. The van der Waals surface area contributed by atoms with E-state index in [0.717, 1.165) is 30.2 Å². The molecule has 3 heterocycles. The number of imidazole rings is 1. The van der Waals surface area contributed by atoms with Crippen molar-refractivity contribution in [1.29, 1.82) is 0 Å². The molecule has 2 fully saturated rings. The number of hydrogen-bond acceptors (Lipinski definition) is 7. The van der Waals surface area contributed by atoms with Crippen LogP contribution in [0.5, 0.6) is 0 Å². The number of rotatable bonds is 4. The molecule has 0 bridgehead atoms.